The van der Waals surface area contributed by atoms with Crippen molar-refractivity contribution in [1.82, 2.24) is 5.32 Å². The molecule has 0 spiro atoms. The molecule has 1 atom stereocenters. The van der Waals surface area contributed by atoms with Crippen LogP contribution in [-0.2, 0) is 9.53 Å². The average Bonchev–Trinajstić information content (AvgIpc) is 2.34. The molecule has 0 heterocycles. The SMILES string of the molecule is COC(=O)C(COc1ccccc1F)NC(C)C. The van der Waals surface area contributed by atoms with E-state index in [0.717, 1.165) is 0 Å². The molecule has 1 unspecified atom stereocenters. The van der Waals surface area contributed by atoms with Gasteiger partial charge in [0.15, 0.2) is 11.6 Å². The largest absolute Gasteiger partial charge is 0.488 e. The van der Waals surface area contributed by atoms with Gasteiger partial charge in [-0.15, -0.1) is 0 Å². The van der Waals surface area contributed by atoms with E-state index in [1.54, 1.807) is 12.1 Å². The summed E-state index contributed by atoms with van der Waals surface area (Å²) in [4.78, 5) is 11.5. The Labute approximate surface area is 106 Å². The van der Waals surface area contributed by atoms with Crippen LogP contribution in [0.15, 0.2) is 24.3 Å². The van der Waals surface area contributed by atoms with Crippen LogP contribution in [0.4, 0.5) is 4.39 Å². The Kier molecular flexibility index (Phi) is 5.58. The number of halogens is 1. The van der Waals surface area contributed by atoms with E-state index in [0.29, 0.717) is 0 Å². The molecule has 0 aliphatic carbocycles. The van der Waals surface area contributed by atoms with Crippen LogP contribution >= 0.6 is 0 Å². The minimum Gasteiger partial charge on any atom is -0.488 e. The number of hydrogen-bond acceptors (Lipinski definition) is 4. The van der Waals surface area contributed by atoms with Gasteiger partial charge >= 0.3 is 5.97 Å². The Bertz CT molecular complexity index is 396. The maximum atomic E-state index is 13.3. The van der Waals surface area contributed by atoms with Gasteiger partial charge in [-0.1, -0.05) is 26.0 Å². The van der Waals surface area contributed by atoms with Crippen LogP contribution in [-0.4, -0.2) is 31.8 Å². The number of nitrogens with one attached hydrogen (secondary N) is 1. The van der Waals surface area contributed by atoms with Gasteiger partial charge in [0.05, 0.1) is 7.11 Å². The van der Waals surface area contributed by atoms with Gasteiger partial charge in [0.2, 0.25) is 0 Å². The monoisotopic (exact) mass is 255 g/mol. The van der Waals surface area contributed by atoms with Crippen LogP contribution in [0.5, 0.6) is 5.75 Å². The van der Waals surface area contributed by atoms with Gasteiger partial charge in [0.1, 0.15) is 12.6 Å². The lowest BCUT2D eigenvalue weighted by molar-refractivity contribution is -0.144. The molecule has 1 N–H and O–H groups in total. The third-order valence-corrected chi connectivity index (χ3v) is 2.26. The van der Waals surface area contributed by atoms with Gasteiger partial charge in [-0.05, 0) is 12.1 Å². The van der Waals surface area contributed by atoms with E-state index in [1.807, 2.05) is 13.8 Å². The third-order valence-electron chi connectivity index (χ3n) is 2.26. The van der Waals surface area contributed by atoms with E-state index >= 15 is 0 Å². The van der Waals surface area contributed by atoms with Crippen LogP contribution in [0.25, 0.3) is 0 Å². The molecule has 100 valence electrons. The first-order valence-electron chi connectivity index (χ1n) is 5.75. The molecule has 0 saturated carbocycles. The Morgan fingerprint density at radius 1 is 1.39 bits per heavy atom. The predicted molar refractivity (Wildman–Crippen MR) is 66.0 cm³/mol. The summed E-state index contributed by atoms with van der Waals surface area (Å²) in [5.41, 5.74) is 0. The number of para-hydroxylation sites is 1. The first-order valence-corrected chi connectivity index (χ1v) is 5.75. The van der Waals surface area contributed by atoms with Crippen molar-refractivity contribution in [2.45, 2.75) is 25.9 Å². The van der Waals surface area contributed by atoms with Crippen molar-refractivity contribution >= 4 is 5.97 Å². The summed E-state index contributed by atoms with van der Waals surface area (Å²) in [6.07, 6.45) is 0. The summed E-state index contributed by atoms with van der Waals surface area (Å²) in [5.74, 6) is -0.761. The predicted octanol–water partition coefficient (Wildman–Crippen LogP) is 1.74. The Morgan fingerprint density at radius 3 is 2.61 bits per heavy atom. The average molecular weight is 255 g/mol. The maximum absolute atomic E-state index is 13.3. The van der Waals surface area contributed by atoms with E-state index in [2.05, 4.69) is 10.1 Å². The molecule has 0 aromatic heterocycles. The van der Waals surface area contributed by atoms with E-state index < -0.39 is 17.8 Å². The summed E-state index contributed by atoms with van der Waals surface area (Å²) < 4.78 is 23.3. The van der Waals surface area contributed by atoms with E-state index in [1.165, 1.54) is 19.2 Å². The second-order valence-corrected chi connectivity index (χ2v) is 4.14. The van der Waals surface area contributed by atoms with Crippen molar-refractivity contribution in [3.05, 3.63) is 30.1 Å². The molecule has 0 fully saturated rings. The van der Waals surface area contributed by atoms with Crippen LogP contribution in [0.1, 0.15) is 13.8 Å². The second-order valence-electron chi connectivity index (χ2n) is 4.14. The first kappa shape index (κ1) is 14.4. The maximum Gasteiger partial charge on any atom is 0.326 e. The lowest BCUT2D eigenvalue weighted by Crippen LogP contribution is -2.45. The number of esters is 1. The number of methoxy groups -OCH3 is 1. The fourth-order valence-electron chi connectivity index (χ4n) is 1.46. The molecular formula is C13H18FNO3. The minimum atomic E-state index is -0.616. The summed E-state index contributed by atoms with van der Waals surface area (Å²) in [7, 11) is 1.31. The molecule has 0 aliphatic rings. The third kappa shape index (κ3) is 4.33. The molecule has 5 heteroatoms. The fourth-order valence-corrected chi connectivity index (χ4v) is 1.46. The summed E-state index contributed by atoms with van der Waals surface area (Å²) >= 11 is 0. The van der Waals surface area contributed by atoms with Crippen LogP contribution in [0.2, 0.25) is 0 Å². The number of benzene rings is 1. The summed E-state index contributed by atoms with van der Waals surface area (Å²) in [6.45, 7) is 3.82. The van der Waals surface area contributed by atoms with Crippen molar-refractivity contribution in [1.29, 1.82) is 0 Å². The van der Waals surface area contributed by atoms with Crippen molar-refractivity contribution in [3.8, 4) is 5.75 Å². The molecule has 0 aliphatic heterocycles. The zero-order valence-corrected chi connectivity index (χ0v) is 10.8. The molecule has 0 bridgehead atoms. The van der Waals surface area contributed by atoms with Crippen LogP contribution in [0, 0.1) is 5.82 Å². The van der Waals surface area contributed by atoms with E-state index in [4.69, 9.17) is 4.74 Å². The standard InChI is InChI=1S/C13H18FNO3/c1-9(2)15-11(13(16)17-3)8-18-12-7-5-4-6-10(12)14/h4-7,9,11,15H,8H2,1-3H3. The first-order chi connectivity index (χ1) is 8.54. The molecule has 0 saturated heterocycles. The Balaban J connectivity index is 2.62. The normalized spacial score (nSPS) is 12.3. The molecule has 0 radical (unpaired) electrons. The fraction of sp³-hybridized carbons (Fsp3) is 0.462. The number of hydrogen-bond donors (Lipinski definition) is 1. The van der Waals surface area contributed by atoms with Gasteiger partial charge in [-0.2, -0.15) is 0 Å². The van der Waals surface area contributed by atoms with Gasteiger partial charge in [-0.3, -0.25) is 10.1 Å². The minimum absolute atomic E-state index is 0.0196. The zero-order valence-electron chi connectivity index (χ0n) is 10.8. The summed E-state index contributed by atoms with van der Waals surface area (Å²) in [5, 5.41) is 3.00. The summed E-state index contributed by atoms with van der Waals surface area (Å²) in [6, 6.07) is 5.54. The highest BCUT2D eigenvalue weighted by molar-refractivity contribution is 5.75. The molecular weight excluding hydrogens is 237 g/mol. The lowest BCUT2D eigenvalue weighted by atomic mass is 10.2. The van der Waals surface area contributed by atoms with E-state index in [9.17, 15) is 9.18 Å². The molecule has 1 rings (SSSR count). The topological polar surface area (TPSA) is 47.6 Å². The lowest BCUT2D eigenvalue weighted by Gasteiger charge is -2.19. The molecule has 18 heavy (non-hydrogen) atoms. The van der Waals surface area contributed by atoms with Gasteiger partial charge < -0.3 is 9.47 Å². The zero-order chi connectivity index (χ0) is 13.5. The number of ether oxygens (including phenoxy) is 2. The molecule has 1 aromatic carbocycles. The van der Waals surface area contributed by atoms with E-state index in [-0.39, 0.29) is 18.4 Å². The molecule has 4 nitrogen and oxygen atoms in total. The second kappa shape index (κ2) is 6.96. The van der Waals surface area contributed by atoms with Gasteiger partial charge in [-0.25, -0.2) is 4.39 Å². The van der Waals surface area contributed by atoms with Crippen molar-refractivity contribution in [2.75, 3.05) is 13.7 Å². The number of carbonyl (C=O) groups is 1. The Hall–Kier alpha value is -1.62. The quantitative estimate of drug-likeness (QED) is 0.787. The van der Waals surface area contributed by atoms with Crippen molar-refractivity contribution < 1.29 is 18.7 Å². The van der Waals surface area contributed by atoms with Crippen molar-refractivity contribution in [3.63, 3.8) is 0 Å². The number of carbonyl (C=O) groups excluding carboxylic acids is 1. The Morgan fingerprint density at radius 2 is 2.06 bits per heavy atom. The highest BCUT2D eigenvalue weighted by Crippen LogP contribution is 2.15. The van der Waals surface area contributed by atoms with Gasteiger partial charge in [0.25, 0.3) is 0 Å². The van der Waals surface area contributed by atoms with Crippen LogP contribution < -0.4 is 10.1 Å². The highest BCUT2D eigenvalue weighted by Gasteiger charge is 2.21. The smallest absolute Gasteiger partial charge is 0.326 e. The van der Waals surface area contributed by atoms with Crippen molar-refractivity contribution in [2.24, 2.45) is 0 Å². The molecule has 0 amide bonds. The molecule has 1 aromatic rings. The van der Waals surface area contributed by atoms with Crippen LogP contribution in [0.3, 0.4) is 0 Å². The number of rotatable bonds is 6. The van der Waals surface area contributed by atoms with Gasteiger partial charge in [0, 0.05) is 6.04 Å². The highest BCUT2D eigenvalue weighted by atomic mass is 19.1.